The van der Waals surface area contributed by atoms with Crippen molar-refractivity contribution in [3.8, 4) is 5.75 Å². The molecule has 0 aliphatic carbocycles. The minimum atomic E-state index is -2.01. The molecular formula is C11H7Cl6NO2S. The van der Waals surface area contributed by atoms with Crippen molar-refractivity contribution >= 4 is 87.5 Å². The van der Waals surface area contributed by atoms with E-state index < -0.39 is 12.5 Å². The third-order valence-electron chi connectivity index (χ3n) is 2.58. The van der Waals surface area contributed by atoms with Crippen LogP contribution in [0.15, 0.2) is 28.7 Å². The second-order valence-corrected chi connectivity index (χ2v) is 9.43. The zero-order chi connectivity index (χ0) is 15.9. The first-order valence-corrected chi connectivity index (χ1v) is 8.38. The largest absolute Gasteiger partial charge is 0.497 e. The van der Waals surface area contributed by atoms with Gasteiger partial charge in [-0.05, 0) is 24.3 Å². The van der Waals surface area contributed by atoms with Crippen LogP contribution in [0.4, 0.5) is 0 Å². The molecule has 1 aromatic rings. The summed E-state index contributed by atoms with van der Waals surface area (Å²) in [7, 11) is 1.56. The highest BCUT2D eigenvalue weighted by Gasteiger charge is 2.67. The quantitative estimate of drug-likeness (QED) is 0.455. The number of benzene rings is 1. The Kier molecular flexibility index (Phi) is 5.32. The molecule has 10 heteroatoms. The molecule has 1 aliphatic rings. The molecule has 1 aliphatic heterocycles. The predicted octanol–water partition coefficient (Wildman–Crippen LogP) is 5.56. The summed E-state index contributed by atoms with van der Waals surface area (Å²) in [6, 6.07) is 6.92. The van der Waals surface area contributed by atoms with Gasteiger partial charge in [-0.1, -0.05) is 69.6 Å². The third kappa shape index (κ3) is 3.42. The highest BCUT2D eigenvalue weighted by Crippen LogP contribution is 2.62. The van der Waals surface area contributed by atoms with E-state index in [1.54, 1.807) is 31.4 Å². The molecule has 0 fully saturated rings. The van der Waals surface area contributed by atoms with Gasteiger partial charge in [0.2, 0.25) is 13.5 Å². The Morgan fingerprint density at radius 1 is 1.05 bits per heavy atom. The van der Waals surface area contributed by atoms with Crippen LogP contribution < -0.4 is 4.74 Å². The van der Waals surface area contributed by atoms with Crippen molar-refractivity contribution in [2.24, 2.45) is 4.40 Å². The van der Waals surface area contributed by atoms with Gasteiger partial charge in [-0.3, -0.25) is 0 Å². The van der Waals surface area contributed by atoms with Crippen molar-refractivity contribution in [3.05, 3.63) is 29.8 Å². The van der Waals surface area contributed by atoms with Gasteiger partial charge < -0.3 is 9.47 Å². The Hall–Kier alpha value is 0.580. The molecule has 0 aromatic heterocycles. The lowest BCUT2D eigenvalue weighted by atomic mass is 10.2. The highest BCUT2D eigenvalue weighted by atomic mass is 35.6. The van der Waals surface area contributed by atoms with Gasteiger partial charge in [-0.25, -0.2) is 0 Å². The maximum atomic E-state index is 5.92. The highest BCUT2D eigenvalue weighted by molar-refractivity contribution is 8.00. The van der Waals surface area contributed by atoms with E-state index in [0.717, 1.165) is 11.9 Å². The molecule has 1 heterocycles. The number of alkyl halides is 6. The molecular weight excluding hydrogens is 423 g/mol. The van der Waals surface area contributed by atoms with E-state index in [4.69, 9.17) is 79.1 Å². The molecule has 3 nitrogen and oxygen atoms in total. The summed E-state index contributed by atoms with van der Waals surface area (Å²) in [4.78, 5) is -1.79. The summed E-state index contributed by atoms with van der Waals surface area (Å²) in [5, 5.41) is 0. The number of halogens is 6. The molecule has 0 saturated carbocycles. The zero-order valence-electron chi connectivity index (χ0n) is 10.2. The standard InChI is InChI=1S/C11H7Cl6NO2S/c1-19-7-4-2-6(3-5-7)8-18-21-9(20-8,10(12,13)14)11(15,16)17/h2-5H,1H3. The van der Waals surface area contributed by atoms with Gasteiger partial charge in [0.1, 0.15) is 5.75 Å². The second-order valence-electron chi connectivity index (χ2n) is 3.93. The van der Waals surface area contributed by atoms with Crippen molar-refractivity contribution < 1.29 is 9.47 Å². The molecule has 2 rings (SSSR count). The molecule has 1 aromatic carbocycles. The van der Waals surface area contributed by atoms with E-state index in [2.05, 4.69) is 4.40 Å². The lowest BCUT2D eigenvalue weighted by Gasteiger charge is -2.38. The average Bonchev–Trinajstić information content (AvgIpc) is 2.84. The van der Waals surface area contributed by atoms with Crippen LogP contribution in [-0.4, -0.2) is 25.5 Å². The summed E-state index contributed by atoms with van der Waals surface area (Å²) in [5.41, 5.74) is 0.633. The Labute approximate surface area is 155 Å². The van der Waals surface area contributed by atoms with Crippen LogP contribution in [-0.2, 0) is 4.74 Å². The van der Waals surface area contributed by atoms with Crippen LogP contribution in [0.2, 0.25) is 0 Å². The van der Waals surface area contributed by atoms with Crippen molar-refractivity contribution in [2.75, 3.05) is 7.11 Å². The minimum Gasteiger partial charge on any atom is -0.497 e. The molecule has 0 N–H and O–H groups in total. The first kappa shape index (κ1) is 17.9. The maximum absolute atomic E-state index is 5.92. The summed E-state index contributed by atoms with van der Waals surface area (Å²) in [6.07, 6.45) is 0. The lowest BCUT2D eigenvalue weighted by Crippen LogP contribution is -2.51. The van der Waals surface area contributed by atoms with E-state index in [1.807, 2.05) is 0 Å². The van der Waals surface area contributed by atoms with E-state index >= 15 is 0 Å². The van der Waals surface area contributed by atoms with E-state index in [9.17, 15) is 0 Å². The molecule has 0 bridgehead atoms. The fourth-order valence-corrected chi connectivity index (χ4v) is 4.32. The second kappa shape index (κ2) is 6.23. The van der Waals surface area contributed by atoms with Crippen molar-refractivity contribution in [1.29, 1.82) is 0 Å². The first-order valence-electron chi connectivity index (χ1n) is 5.34. The smallest absolute Gasteiger partial charge is 0.269 e. The van der Waals surface area contributed by atoms with Gasteiger partial charge in [0.15, 0.2) is 0 Å². The van der Waals surface area contributed by atoms with Crippen molar-refractivity contribution in [3.63, 3.8) is 0 Å². The van der Waals surface area contributed by atoms with Crippen LogP contribution in [0.5, 0.6) is 5.75 Å². The van der Waals surface area contributed by atoms with Gasteiger partial charge in [0, 0.05) is 17.5 Å². The molecule has 0 saturated heterocycles. The molecule has 0 amide bonds. The van der Waals surface area contributed by atoms with Crippen LogP contribution in [0.1, 0.15) is 5.56 Å². The summed E-state index contributed by atoms with van der Waals surface area (Å²) in [6.45, 7) is 0. The van der Waals surface area contributed by atoms with Crippen LogP contribution >= 0.6 is 81.6 Å². The van der Waals surface area contributed by atoms with Gasteiger partial charge in [-0.15, -0.1) is 0 Å². The average molecular weight is 430 g/mol. The molecule has 21 heavy (non-hydrogen) atoms. The van der Waals surface area contributed by atoms with E-state index in [0.29, 0.717) is 11.3 Å². The Morgan fingerprint density at radius 2 is 1.57 bits per heavy atom. The van der Waals surface area contributed by atoms with E-state index in [1.165, 1.54) is 0 Å². The molecule has 116 valence electrons. The van der Waals surface area contributed by atoms with Gasteiger partial charge in [-0.2, -0.15) is 4.40 Å². The maximum Gasteiger partial charge on any atom is 0.269 e. The number of rotatable bonds is 2. The monoisotopic (exact) mass is 427 g/mol. The zero-order valence-corrected chi connectivity index (χ0v) is 15.6. The molecule has 0 atom stereocenters. The summed E-state index contributed by atoms with van der Waals surface area (Å²) >= 11 is 36.3. The topological polar surface area (TPSA) is 30.8 Å². The SMILES string of the molecule is COc1ccc(C2=NSC(C(Cl)(Cl)Cl)(C(Cl)(Cl)Cl)O2)cc1. The number of nitrogens with zero attached hydrogens (tertiary/aromatic N) is 1. The fourth-order valence-electron chi connectivity index (χ4n) is 1.50. The first-order chi connectivity index (χ1) is 9.61. The summed E-state index contributed by atoms with van der Waals surface area (Å²) in [5.74, 6) is 0.874. The normalized spacial score (nSPS) is 18.1. The number of methoxy groups -OCH3 is 1. The Morgan fingerprint density at radius 3 is 1.95 bits per heavy atom. The third-order valence-corrected chi connectivity index (χ3v) is 6.06. The molecule has 0 spiro atoms. The lowest BCUT2D eigenvalue weighted by molar-refractivity contribution is 0.169. The Balaban J connectivity index is 2.31. The number of hydrogen-bond acceptors (Lipinski definition) is 4. The number of hydrogen-bond donors (Lipinski definition) is 0. The Bertz CT molecular complexity index is 537. The van der Waals surface area contributed by atoms with Crippen molar-refractivity contribution in [2.45, 2.75) is 12.5 Å². The minimum absolute atomic E-state index is 0.195. The van der Waals surface area contributed by atoms with Crippen molar-refractivity contribution in [1.82, 2.24) is 0 Å². The molecule has 0 unspecified atom stereocenters. The van der Waals surface area contributed by atoms with Crippen LogP contribution in [0, 0.1) is 0 Å². The predicted molar refractivity (Wildman–Crippen MR) is 91.5 cm³/mol. The van der Waals surface area contributed by atoms with Gasteiger partial charge in [0.25, 0.3) is 4.93 Å². The van der Waals surface area contributed by atoms with Crippen LogP contribution in [0.25, 0.3) is 0 Å². The van der Waals surface area contributed by atoms with Gasteiger partial charge in [0.05, 0.1) is 7.11 Å². The molecule has 0 radical (unpaired) electrons. The van der Waals surface area contributed by atoms with Gasteiger partial charge >= 0.3 is 0 Å². The van der Waals surface area contributed by atoms with E-state index in [-0.39, 0.29) is 5.90 Å². The number of ether oxygens (including phenoxy) is 2. The summed E-state index contributed by atoms with van der Waals surface area (Å²) < 4.78 is 10.8. The van der Waals surface area contributed by atoms with Crippen LogP contribution in [0.3, 0.4) is 0 Å². The fraction of sp³-hybridized carbons (Fsp3) is 0.364.